The Labute approximate surface area is 217 Å². The molecule has 0 fully saturated rings. The van der Waals surface area contributed by atoms with Gasteiger partial charge >= 0.3 is 0 Å². The van der Waals surface area contributed by atoms with Gasteiger partial charge in [0, 0.05) is 19.6 Å². The molecule has 2 aromatic carbocycles. The molecule has 0 bridgehead atoms. The summed E-state index contributed by atoms with van der Waals surface area (Å²) in [5, 5.41) is 20.7. The Morgan fingerprint density at radius 3 is 2.53 bits per heavy atom. The zero-order valence-electron chi connectivity index (χ0n) is 19.5. The number of aliphatic imine (C=N–C) groups is 1. The van der Waals surface area contributed by atoms with Crippen molar-refractivity contribution in [1.82, 2.24) is 20.4 Å². The Hall–Kier alpha value is -3.13. The zero-order chi connectivity index (χ0) is 23.6. The van der Waals surface area contributed by atoms with Crippen LogP contribution in [0.25, 0.3) is 5.69 Å². The van der Waals surface area contributed by atoms with Crippen molar-refractivity contribution in [2.75, 3.05) is 19.3 Å². The topological polar surface area (TPSA) is 104 Å². The van der Waals surface area contributed by atoms with Crippen LogP contribution in [-0.2, 0) is 12.8 Å². The summed E-state index contributed by atoms with van der Waals surface area (Å²) in [6.07, 6.45) is 3.32. The van der Waals surface area contributed by atoms with E-state index in [2.05, 4.69) is 58.0 Å². The number of anilines is 1. The predicted octanol–water partition coefficient (Wildman–Crippen LogP) is 4.20. The minimum atomic E-state index is -0.340. The van der Waals surface area contributed by atoms with E-state index < -0.39 is 0 Å². The summed E-state index contributed by atoms with van der Waals surface area (Å²) >= 11 is 0. The first-order chi connectivity index (χ1) is 16.0. The fourth-order valence-corrected chi connectivity index (χ4v) is 3.54. The number of aryl methyl sites for hydroxylation is 2. The van der Waals surface area contributed by atoms with Gasteiger partial charge in [-0.05, 0) is 62.4 Å². The van der Waals surface area contributed by atoms with E-state index in [1.54, 1.807) is 19.2 Å². The molecule has 3 rings (SSSR count). The van der Waals surface area contributed by atoms with Crippen molar-refractivity contribution >= 4 is 35.8 Å². The molecule has 34 heavy (non-hydrogen) atoms. The van der Waals surface area contributed by atoms with Crippen LogP contribution in [-0.4, -0.2) is 35.4 Å². The number of aromatic nitrogens is 2. The number of hydrogen-bond donors (Lipinski definition) is 3. The second kappa shape index (κ2) is 13.5. The summed E-state index contributed by atoms with van der Waals surface area (Å²) in [5.41, 5.74) is 9.04. The molecule has 4 N–H and O–H groups in total. The Bertz CT molecular complexity index is 1100. The van der Waals surface area contributed by atoms with Crippen LogP contribution in [0.2, 0.25) is 0 Å². The fraction of sp³-hybridized carbons (Fsp3) is 0.320. The van der Waals surface area contributed by atoms with E-state index in [4.69, 9.17) is 5.73 Å². The minimum Gasteiger partial charge on any atom is -0.382 e. The lowest BCUT2D eigenvalue weighted by Crippen LogP contribution is -2.42. The van der Waals surface area contributed by atoms with Gasteiger partial charge in [0.1, 0.15) is 23.3 Å². The van der Waals surface area contributed by atoms with Gasteiger partial charge in [-0.25, -0.2) is 9.07 Å². The quantitative estimate of drug-likeness (QED) is 0.154. The monoisotopic (exact) mass is 575 g/mol. The van der Waals surface area contributed by atoms with Gasteiger partial charge in [0.15, 0.2) is 5.96 Å². The molecule has 0 radical (unpaired) electrons. The number of nitrogen functional groups attached to an aromatic ring is 1. The van der Waals surface area contributed by atoms with Gasteiger partial charge in [0.25, 0.3) is 0 Å². The van der Waals surface area contributed by atoms with Crippen molar-refractivity contribution in [3.63, 3.8) is 0 Å². The summed E-state index contributed by atoms with van der Waals surface area (Å²) < 4.78 is 14.7. The van der Waals surface area contributed by atoms with E-state index in [1.165, 1.54) is 22.4 Å². The molecule has 1 atom stereocenters. The van der Waals surface area contributed by atoms with Gasteiger partial charge in [-0.15, -0.1) is 24.0 Å². The molecule has 0 spiro atoms. The highest BCUT2D eigenvalue weighted by molar-refractivity contribution is 14.0. The summed E-state index contributed by atoms with van der Waals surface area (Å²) in [6.45, 7) is 2.80. The third-order valence-electron chi connectivity index (χ3n) is 5.37. The SMILES string of the molecule is CN=C(NCCCc1nn(-c2ccc(F)cc2)c(N)c1C#N)NC(C)CCc1ccccc1.I. The molecule has 0 aliphatic rings. The highest BCUT2D eigenvalue weighted by Crippen LogP contribution is 2.21. The van der Waals surface area contributed by atoms with Gasteiger partial charge in [0.2, 0.25) is 0 Å². The van der Waals surface area contributed by atoms with Gasteiger partial charge in [-0.2, -0.15) is 10.4 Å². The second-order valence-corrected chi connectivity index (χ2v) is 7.88. The largest absolute Gasteiger partial charge is 0.382 e. The average Bonchev–Trinajstić information content (AvgIpc) is 3.15. The van der Waals surface area contributed by atoms with Crippen LogP contribution in [0.4, 0.5) is 10.2 Å². The number of nitrogens with zero attached hydrogens (tertiary/aromatic N) is 4. The molecule has 3 aromatic rings. The third-order valence-corrected chi connectivity index (χ3v) is 5.37. The first kappa shape index (κ1) is 27.1. The van der Waals surface area contributed by atoms with Crippen LogP contribution in [0, 0.1) is 17.1 Å². The first-order valence-corrected chi connectivity index (χ1v) is 11.1. The van der Waals surface area contributed by atoms with Crippen molar-refractivity contribution < 1.29 is 4.39 Å². The molecule has 0 saturated heterocycles. The molecular weight excluding hydrogens is 544 g/mol. The van der Waals surface area contributed by atoms with Gasteiger partial charge < -0.3 is 16.4 Å². The molecular formula is C25H31FIN7. The third kappa shape index (κ3) is 7.45. The van der Waals surface area contributed by atoms with E-state index in [1.807, 2.05) is 6.07 Å². The number of hydrogen-bond acceptors (Lipinski definition) is 4. The normalized spacial score (nSPS) is 11.9. The van der Waals surface area contributed by atoms with Crippen molar-refractivity contribution in [2.24, 2.45) is 4.99 Å². The molecule has 180 valence electrons. The number of nitriles is 1. The number of halogens is 2. The average molecular weight is 575 g/mol. The lowest BCUT2D eigenvalue weighted by Gasteiger charge is -2.18. The molecule has 0 amide bonds. The Balaban J connectivity index is 0.00000408. The van der Waals surface area contributed by atoms with E-state index in [0.29, 0.717) is 29.9 Å². The van der Waals surface area contributed by atoms with Crippen LogP contribution in [0.15, 0.2) is 59.6 Å². The number of nitrogens with two attached hydrogens (primary N) is 1. The fourth-order valence-electron chi connectivity index (χ4n) is 3.54. The molecule has 9 heteroatoms. The lowest BCUT2D eigenvalue weighted by molar-refractivity contribution is 0.590. The van der Waals surface area contributed by atoms with Crippen molar-refractivity contribution in [3.05, 3.63) is 77.2 Å². The molecule has 1 aromatic heterocycles. The Kier molecular flexibility index (Phi) is 10.8. The maximum Gasteiger partial charge on any atom is 0.191 e. The highest BCUT2D eigenvalue weighted by Gasteiger charge is 2.16. The number of guanidine groups is 1. The van der Waals surface area contributed by atoms with E-state index >= 15 is 0 Å². The molecule has 1 unspecified atom stereocenters. The summed E-state index contributed by atoms with van der Waals surface area (Å²) in [6, 6.07) is 18.7. The molecule has 0 aliphatic heterocycles. The van der Waals surface area contributed by atoms with E-state index in [9.17, 15) is 9.65 Å². The summed E-state index contributed by atoms with van der Waals surface area (Å²) in [7, 11) is 1.75. The zero-order valence-corrected chi connectivity index (χ0v) is 21.8. The van der Waals surface area contributed by atoms with Crippen molar-refractivity contribution in [3.8, 4) is 11.8 Å². The standard InChI is InChI=1S/C25H30FN7.HI/c1-18(10-11-19-7-4-3-5-8-19)31-25(29-2)30-16-6-9-23-22(17-27)24(28)33(32-23)21-14-12-20(26)13-15-21;/h3-5,7-8,12-15,18H,6,9-11,16,28H2,1-2H3,(H2,29,30,31);1H. The molecule has 7 nitrogen and oxygen atoms in total. The minimum absolute atomic E-state index is 0. The highest BCUT2D eigenvalue weighted by atomic mass is 127. The smallest absolute Gasteiger partial charge is 0.191 e. The van der Waals surface area contributed by atoms with Gasteiger partial charge in [0.05, 0.1) is 11.4 Å². The van der Waals surface area contributed by atoms with Crippen LogP contribution in [0.5, 0.6) is 0 Å². The number of benzene rings is 2. The van der Waals surface area contributed by atoms with E-state index in [0.717, 1.165) is 25.2 Å². The Morgan fingerprint density at radius 1 is 1.18 bits per heavy atom. The van der Waals surface area contributed by atoms with Gasteiger partial charge in [-0.3, -0.25) is 4.99 Å². The maximum atomic E-state index is 13.2. The molecule has 1 heterocycles. The number of nitrogens with one attached hydrogen (secondary N) is 2. The van der Waals surface area contributed by atoms with Gasteiger partial charge in [-0.1, -0.05) is 30.3 Å². The first-order valence-electron chi connectivity index (χ1n) is 11.1. The van der Waals surface area contributed by atoms with Crippen LogP contribution in [0.1, 0.15) is 36.6 Å². The molecule has 0 aliphatic carbocycles. The summed E-state index contributed by atoms with van der Waals surface area (Å²) in [4.78, 5) is 4.30. The lowest BCUT2D eigenvalue weighted by atomic mass is 10.1. The van der Waals surface area contributed by atoms with E-state index in [-0.39, 0.29) is 41.7 Å². The number of rotatable bonds is 9. The van der Waals surface area contributed by atoms with Crippen LogP contribution >= 0.6 is 24.0 Å². The predicted molar refractivity (Wildman–Crippen MR) is 145 cm³/mol. The molecule has 0 saturated carbocycles. The second-order valence-electron chi connectivity index (χ2n) is 7.88. The maximum absolute atomic E-state index is 13.2. The Morgan fingerprint density at radius 2 is 1.88 bits per heavy atom. The summed E-state index contributed by atoms with van der Waals surface area (Å²) in [5.74, 6) is 0.664. The van der Waals surface area contributed by atoms with Crippen LogP contribution < -0.4 is 16.4 Å². The van der Waals surface area contributed by atoms with Crippen LogP contribution in [0.3, 0.4) is 0 Å². The van der Waals surface area contributed by atoms with Crippen molar-refractivity contribution in [2.45, 2.75) is 38.6 Å². The van der Waals surface area contributed by atoms with Crippen molar-refractivity contribution in [1.29, 1.82) is 5.26 Å².